The van der Waals surface area contributed by atoms with Crippen LogP contribution in [0.2, 0.25) is 0 Å². The first-order chi connectivity index (χ1) is 18.5. The Kier molecular flexibility index (Phi) is 8.80. The summed E-state index contributed by atoms with van der Waals surface area (Å²) < 4.78 is 60.1. The van der Waals surface area contributed by atoms with Crippen LogP contribution in [-0.2, 0) is 26.8 Å². The Bertz CT molecular complexity index is 1340. The number of hydrogen-bond acceptors (Lipinski definition) is 6. The van der Waals surface area contributed by atoms with Gasteiger partial charge in [-0.15, -0.1) is 23.2 Å². The lowest BCUT2D eigenvalue weighted by Crippen LogP contribution is -2.44. The Morgan fingerprint density at radius 2 is 1.59 bits per heavy atom. The van der Waals surface area contributed by atoms with Crippen LogP contribution in [0.15, 0.2) is 58.2 Å². The van der Waals surface area contributed by atoms with Crippen LogP contribution in [0, 0.1) is 17.6 Å². The van der Waals surface area contributed by atoms with E-state index in [1.54, 1.807) is 6.07 Å². The average Bonchev–Trinajstić information content (AvgIpc) is 3.37. The summed E-state index contributed by atoms with van der Waals surface area (Å²) in [6.07, 6.45) is 0.615. The molecule has 2 aliphatic rings. The van der Waals surface area contributed by atoms with Crippen LogP contribution >= 0.6 is 23.2 Å². The summed E-state index contributed by atoms with van der Waals surface area (Å²) in [5.74, 6) is -1.44. The van der Waals surface area contributed by atoms with Gasteiger partial charge in [-0.2, -0.15) is 4.98 Å². The first kappa shape index (κ1) is 28.8. The number of benzene rings is 2. The van der Waals surface area contributed by atoms with Crippen molar-refractivity contribution in [1.82, 2.24) is 10.1 Å². The standard InChI is InChI=1S/C13H13ClF2N2O2.C13H11ClF2N2O/c14-7-11(19)20-18-12(17)8-5-13(16,6-8)9-2-1-3-10(15)4-9;14-7-11-17-12(18-19-11)8-5-13(16,6-8)9-2-1-3-10(15)4-9/h1-4,8H,5-7H2,(H2,17,18);1-4,8H,5-7H2. The van der Waals surface area contributed by atoms with Crippen LogP contribution in [-0.4, -0.2) is 27.8 Å². The average molecular weight is 587 g/mol. The summed E-state index contributed by atoms with van der Waals surface area (Å²) in [6.45, 7) is 0. The minimum absolute atomic E-state index is 0.0353. The van der Waals surface area contributed by atoms with Gasteiger partial charge in [0, 0.05) is 11.8 Å². The zero-order chi connectivity index (χ0) is 28.2. The van der Waals surface area contributed by atoms with E-state index in [0.717, 1.165) is 6.07 Å². The highest BCUT2D eigenvalue weighted by molar-refractivity contribution is 6.26. The number of nitrogens with zero attached hydrogens (tertiary/aromatic N) is 3. The molecule has 7 nitrogen and oxygen atoms in total. The lowest BCUT2D eigenvalue weighted by atomic mass is 9.68. The maximum Gasteiger partial charge on any atom is 0.349 e. The summed E-state index contributed by atoms with van der Waals surface area (Å²) in [4.78, 5) is 19.3. The van der Waals surface area contributed by atoms with Crippen molar-refractivity contribution in [1.29, 1.82) is 0 Å². The predicted molar refractivity (Wildman–Crippen MR) is 135 cm³/mol. The van der Waals surface area contributed by atoms with E-state index in [-0.39, 0.29) is 60.7 Å². The van der Waals surface area contributed by atoms with E-state index >= 15 is 0 Å². The molecule has 2 aromatic carbocycles. The fourth-order valence-electron chi connectivity index (χ4n) is 4.53. The number of carbonyl (C=O) groups is 1. The third-order valence-corrected chi connectivity index (χ3v) is 7.15. The zero-order valence-corrected chi connectivity index (χ0v) is 21.9. The first-order valence-corrected chi connectivity index (χ1v) is 13.0. The zero-order valence-electron chi connectivity index (χ0n) is 20.4. The van der Waals surface area contributed by atoms with E-state index in [4.69, 9.17) is 33.5 Å². The van der Waals surface area contributed by atoms with Crippen molar-refractivity contribution >= 4 is 35.0 Å². The number of amidine groups is 1. The summed E-state index contributed by atoms with van der Waals surface area (Å²) in [5.41, 5.74) is 3.12. The Labute approximate surface area is 231 Å². The predicted octanol–water partition coefficient (Wildman–Crippen LogP) is 6.14. The topological polar surface area (TPSA) is 104 Å². The van der Waals surface area contributed by atoms with Crippen molar-refractivity contribution in [2.45, 2.75) is 48.8 Å². The van der Waals surface area contributed by atoms with Gasteiger partial charge in [0.15, 0.2) is 5.82 Å². The number of rotatable bonds is 7. The van der Waals surface area contributed by atoms with Crippen molar-refractivity contribution in [2.24, 2.45) is 16.8 Å². The monoisotopic (exact) mass is 586 g/mol. The van der Waals surface area contributed by atoms with Gasteiger partial charge < -0.3 is 15.1 Å². The third-order valence-electron chi connectivity index (χ3n) is 6.71. The van der Waals surface area contributed by atoms with Crippen LogP contribution < -0.4 is 5.73 Å². The smallest absolute Gasteiger partial charge is 0.349 e. The molecule has 0 aliphatic heterocycles. The lowest BCUT2D eigenvalue weighted by molar-refractivity contribution is -0.140. The minimum Gasteiger partial charge on any atom is -0.384 e. The molecule has 0 spiro atoms. The Morgan fingerprint density at radius 3 is 2.08 bits per heavy atom. The molecule has 0 saturated heterocycles. The second-order valence-corrected chi connectivity index (χ2v) is 9.99. The number of hydrogen-bond donors (Lipinski definition) is 1. The number of aromatic nitrogens is 2. The first-order valence-electron chi connectivity index (χ1n) is 11.9. The third kappa shape index (κ3) is 6.70. The highest BCUT2D eigenvalue weighted by Crippen LogP contribution is 2.53. The van der Waals surface area contributed by atoms with Gasteiger partial charge in [-0.3, -0.25) is 0 Å². The molecule has 2 saturated carbocycles. The van der Waals surface area contributed by atoms with Crippen LogP contribution in [0.4, 0.5) is 17.6 Å². The van der Waals surface area contributed by atoms with E-state index in [2.05, 4.69) is 20.1 Å². The molecule has 1 aromatic heterocycles. The second-order valence-electron chi connectivity index (χ2n) is 9.45. The van der Waals surface area contributed by atoms with Gasteiger partial charge in [-0.25, -0.2) is 22.4 Å². The maximum absolute atomic E-state index is 14.6. The van der Waals surface area contributed by atoms with Crippen LogP contribution in [0.25, 0.3) is 0 Å². The molecule has 13 heteroatoms. The summed E-state index contributed by atoms with van der Waals surface area (Å²) in [7, 11) is 0. The van der Waals surface area contributed by atoms with Gasteiger partial charge in [0.05, 0.1) is 0 Å². The highest BCUT2D eigenvalue weighted by Gasteiger charge is 2.49. The number of halogens is 6. The quantitative estimate of drug-likeness (QED) is 0.0889. The Morgan fingerprint density at radius 1 is 1.03 bits per heavy atom. The van der Waals surface area contributed by atoms with Gasteiger partial charge in [-0.1, -0.05) is 34.6 Å². The molecule has 0 radical (unpaired) electrons. The van der Waals surface area contributed by atoms with Crippen LogP contribution in [0.5, 0.6) is 0 Å². The Hall–Kier alpha value is -3.18. The van der Waals surface area contributed by atoms with Crippen LogP contribution in [0.3, 0.4) is 0 Å². The van der Waals surface area contributed by atoms with E-state index in [0.29, 0.717) is 17.3 Å². The van der Waals surface area contributed by atoms with Crippen molar-refractivity contribution < 1.29 is 31.7 Å². The normalized spacial score (nSPS) is 26.1. The fraction of sp³-hybridized carbons (Fsp3) is 0.385. The van der Waals surface area contributed by atoms with Crippen molar-refractivity contribution in [3.8, 4) is 0 Å². The van der Waals surface area contributed by atoms with Crippen molar-refractivity contribution in [2.75, 3.05) is 5.88 Å². The lowest BCUT2D eigenvalue weighted by Gasteiger charge is -2.41. The number of oxime groups is 1. The molecular weight excluding hydrogens is 563 g/mol. The second kappa shape index (κ2) is 11.9. The SMILES string of the molecule is Fc1cccc(C2(F)CC(c3noc(CCl)n3)C2)c1.N/C(=N/OC(=O)CCl)C1CC(F)(c2cccc(F)c2)C1. The van der Waals surface area contributed by atoms with Gasteiger partial charge >= 0.3 is 5.97 Å². The van der Waals surface area contributed by atoms with Gasteiger partial charge in [0.2, 0.25) is 5.89 Å². The molecule has 208 valence electrons. The van der Waals surface area contributed by atoms with Crippen molar-refractivity contribution in [3.63, 3.8) is 0 Å². The molecule has 0 unspecified atom stereocenters. The molecule has 0 atom stereocenters. The molecule has 0 bridgehead atoms. The van der Waals surface area contributed by atoms with Crippen molar-refractivity contribution in [3.05, 3.63) is 83.0 Å². The molecule has 2 N–H and O–H groups in total. The van der Waals surface area contributed by atoms with Gasteiger partial charge in [0.25, 0.3) is 0 Å². The van der Waals surface area contributed by atoms with Crippen LogP contribution in [0.1, 0.15) is 54.4 Å². The Balaban J connectivity index is 0.000000181. The summed E-state index contributed by atoms with van der Waals surface area (Å²) in [5, 5.41) is 7.19. The minimum atomic E-state index is -1.62. The molecule has 3 aromatic rings. The van der Waals surface area contributed by atoms with E-state index in [1.165, 1.54) is 36.4 Å². The summed E-state index contributed by atoms with van der Waals surface area (Å²) >= 11 is 10.8. The van der Waals surface area contributed by atoms with E-state index < -0.39 is 28.9 Å². The molecule has 2 aliphatic carbocycles. The number of carbonyl (C=O) groups excluding carboxylic acids is 1. The fourth-order valence-corrected chi connectivity index (χ4v) is 4.69. The molecule has 39 heavy (non-hydrogen) atoms. The maximum atomic E-state index is 14.6. The van der Waals surface area contributed by atoms with E-state index in [1.807, 2.05) is 0 Å². The summed E-state index contributed by atoms with van der Waals surface area (Å²) in [6, 6.07) is 11.0. The molecular formula is C26H24Cl2F4N4O3. The van der Waals surface area contributed by atoms with Gasteiger partial charge in [0.1, 0.15) is 40.6 Å². The largest absolute Gasteiger partial charge is 0.384 e. The molecule has 0 amide bonds. The molecule has 1 heterocycles. The van der Waals surface area contributed by atoms with E-state index in [9.17, 15) is 22.4 Å². The molecule has 2 fully saturated rings. The van der Waals surface area contributed by atoms with Gasteiger partial charge in [-0.05, 0) is 61.1 Å². The number of alkyl halides is 4. The highest BCUT2D eigenvalue weighted by atomic mass is 35.5. The molecule has 5 rings (SSSR count). The number of nitrogens with two attached hydrogens (primary N) is 1.